The van der Waals surface area contributed by atoms with E-state index in [2.05, 4.69) is 34.3 Å². The van der Waals surface area contributed by atoms with Gasteiger partial charge in [0, 0.05) is 19.5 Å². The normalized spacial score (nSPS) is 21.1. The lowest BCUT2D eigenvalue weighted by molar-refractivity contribution is 0.205. The predicted molar refractivity (Wildman–Crippen MR) is 71.6 cm³/mol. The van der Waals surface area contributed by atoms with Crippen molar-refractivity contribution in [2.75, 3.05) is 32.0 Å². The fourth-order valence-corrected chi connectivity index (χ4v) is 2.54. The van der Waals surface area contributed by atoms with Crippen molar-refractivity contribution in [3.63, 3.8) is 0 Å². The van der Waals surface area contributed by atoms with E-state index in [-0.39, 0.29) is 0 Å². The molecule has 0 saturated carbocycles. The highest BCUT2D eigenvalue weighted by molar-refractivity contribution is 5.20. The van der Waals surface area contributed by atoms with Gasteiger partial charge in [0.2, 0.25) is 5.89 Å². The molecule has 1 aromatic heterocycles. The van der Waals surface area contributed by atoms with Crippen molar-refractivity contribution < 1.29 is 4.52 Å². The topological polar surface area (TPSA) is 54.2 Å². The highest BCUT2D eigenvalue weighted by atomic mass is 16.5. The molecule has 1 N–H and O–H groups in total. The van der Waals surface area contributed by atoms with Gasteiger partial charge in [0.1, 0.15) is 0 Å². The zero-order valence-corrected chi connectivity index (χ0v) is 11.5. The Morgan fingerprint density at radius 3 is 3.17 bits per heavy atom. The molecule has 1 atom stereocenters. The standard InChI is InChI=1S/C13H24N4O/c1-3-5-12-15-13(16-18-12)14-8-7-11-6-4-9-17(2)10-11/h11H,3-10H2,1-2H3,(H,14,16)/t11-/m0/s1. The average molecular weight is 252 g/mol. The van der Waals surface area contributed by atoms with Gasteiger partial charge in [-0.25, -0.2) is 0 Å². The smallest absolute Gasteiger partial charge is 0.263 e. The lowest BCUT2D eigenvalue weighted by atomic mass is 9.95. The van der Waals surface area contributed by atoms with Gasteiger partial charge >= 0.3 is 0 Å². The fourth-order valence-electron chi connectivity index (χ4n) is 2.54. The maximum Gasteiger partial charge on any atom is 0.263 e. The molecular weight excluding hydrogens is 228 g/mol. The molecule has 5 heteroatoms. The van der Waals surface area contributed by atoms with Crippen LogP contribution in [-0.2, 0) is 6.42 Å². The van der Waals surface area contributed by atoms with Crippen molar-refractivity contribution >= 4 is 5.95 Å². The van der Waals surface area contributed by atoms with Crippen LogP contribution < -0.4 is 5.32 Å². The van der Waals surface area contributed by atoms with E-state index in [4.69, 9.17) is 4.52 Å². The summed E-state index contributed by atoms with van der Waals surface area (Å²) in [5, 5.41) is 7.18. The lowest BCUT2D eigenvalue weighted by Crippen LogP contribution is -2.32. The maximum atomic E-state index is 5.13. The van der Waals surface area contributed by atoms with E-state index in [0.717, 1.165) is 31.2 Å². The quantitative estimate of drug-likeness (QED) is 0.841. The second-order valence-corrected chi connectivity index (χ2v) is 5.25. The van der Waals surface area contributed by atoms with Crippen molar-refractivity contribution in [3.05, 3.63) is 5.89 Å². The number of aryl methyl sites for hydroxylation is 1. The van der Waals surface area contributed by atoms with Crippen molar-refractivity contribution in [3.8, 4) is 0 Å². The molecule has 2 rings (SSSR count). The first-order valence-electron chi connectivity index (χ1n) is 7.03. The molecule has 1 aliphatic heterocycles. The van der Waals surface area contributed by atoms with Crippen molar-refractivity contribution in [1.82, 2.24) is 15.0 Å². The summed E-state index contributed by atoms with van der Waals surface area (Å²) in [4.78, 5) is 6.72. The van der Waals surface area contributed by atoms with Crippen LogP contribution in [0.4, 0.5) is 5.95 Å². The van der Waals surface area contributed by atoms with E-state index in [9.17, 15) is 0 Å². The number of anilines is 1. The Morgan fingerprint density at radius 2 is 2.39 bits per heavy atom. The van der Waals surface area contributed by atoms with Crippen LogP contribution >= 0.6 is 0 Å². The first-order valence-corrected chi connectivity index (χ1v) is 7.03. The zero-order chi connectivity index (χ0) is 12.8. The number of nitrogens with one attached hydrogen (secondary N) is 1. The van der Waals surface area contributed by atoms with Gasteiger partial charge in [0.25, 0.3) is 5.95 Å². The highest BCUT2D eigenvalue weighted by Crippen LogP contribution is 2.18. The Kier molecular flexibility index (Phi) is 4.99. The molecule has 0 aromatic carbocycles. The van der Waals surface area contributed by atoms with Crippen molar-refractivity contribution in [2.24, 2.45) is 5.92 Å². The summed E-state index contributed by atoms with van der Waals surface area (Å²) in [7, 11) is 2.20. The summed E-state index contributed by atoms with van der Waals surface area (Å²) in [5.41, 5.74) is 0. The van der Waals surface area contributed by atoms with Crippen molar-refractivity contribution in [1.29, 1.82) is 0 Å². The molecule has 1 aliphatic rings. The van der Waals surface area contributed by atoms with Crippen LogP contribution in [-0.4, -0.2) is 41.7 Å². The summed E-state index contributed by atoms with van der Waals surface area (Å²) in [6.45, 7) is 5.50. The van der Waals surface area contributed by atoms with Crippen LogP contribution in [0.1, 0.15) is 38.5 Å². The third kappa shape index (κ3) is 3.98. The Bertz CT molecular complexity index is 353. The number of hydrogen-bond acceptors (Lipinski definition) is 5. The molecule has 0 radical (unpaired) electrons. The predicted octanol–water partition coefficient (Wildman–Crippen LogP) is 2.17. The second kappa shape index (κ2) is 6.73. The van der Waals surface area contributed by atoms with E-state index >= 15 is 0 Å². The van der Waals surface area contributed by atoms with Crippen LogP contribution in [0.3, 0.4) is 0 Å². The van der Waals surface area contributed by atoms with E-state index < -0.39 is 0 Å². The molecule has 0 amide bonds. The average Bonchev–Trinajstić information content (AvgIpc) is 2.78. The number of aromatic nitrogens is 2. The summed E-state index contributed by atoms with van der Waals surface area (Å²) in [5.74, 6) is 2.18. The molecule has 102 valence electrons. The Hall–Kier alpha value is -1.10. The maximum absolute atomic E-state index is 5.13. The molecule has 0 aliphatic carbocycles. The molecule has 0 unspecified atom stereocenters. The Labute approximate surface area is 109 Å². The molecular formula is C13H24N4O. The minimum Gasteiger partial charge on any atom is -0.352 e. The summed E-state index contributed by atoms with van der Waals surface area (Å²) in [6, 6.07) is 0. The Balaban J connectivity index is 1.67. The van der Waals surface area contributed by atoms with Gasteiger partial charge in [0.15, 0.2) is 0 Å². The van der Waals surface area contributed by atoms with Gasteiger partial charge in [-0.2, -0.15) is 4.98 Å². The third-order valence-corrected chi connectivity index (χ3v) is 3.49. The van der Waals surface area contributed by atoms with Crippen molar-refractivity contribution in [2.45, 2.75) is 39.0 Å². The molecule has 1 fully saturated rings. The molecule has 18 heavy (non-hydrogen) atoms. The number of likely N-dealkylation sites (tertiary alicyclic amines) is 1. The van der Waals surface area contributed by atoms with E-state index in [0.29, 0.717) is 5.95 Å². The minimum atomic E-state index is 0.641. The van der Waals surface area contributed by atoms with Crippen LogP contribution in [0.5, 0.6) is 0 Å². The van der Waals surface area contributed by atoms with Gasteiger partial charge in [-0.05, 0) is 50.4 Å². The Morgan fingerprint density at radius 1 is 1.50 bits per heavy atom. The molecule has 0 bridgehead atoms. The number of rotatable bonds is 6. The van der Waals surface area contributed by atoms with Gasteiger partial charge in [-0.3, -0.25) is 0 Å². The van der Waals surface area contributed by atoms with Gasteiger partial charge < -0.3 is 14.7 Å². The molecule has 2 heterocycles. The van der Waals surface area contributed by atoms with Crippen LogP contribution in [0.15, 0.2) is 4.52 Å². The van der Waals surface area contributed by atoms with Crippen LogP contribution in [0.2, 0.25) is 0 Å². The first-order chi connectivity index (χ1) is 8.78. The van der Waals surface area contributed by atoms with E-state index in [1.54, 1.807) is 0 Å². The SMILES string of the molecule is CCCc1nc(NCC[C@@H]2CCCN(C)C2)no1. The molecule has 0 spiro atoms. The number of hydrogen-bond donors (Lipinski definition) is 1. The van der Waals surface area contributed by atoms with Gasteiger partial charge in [0.05, 0.1) is 0 Å². The fraction of sp³-hybridized carbons (Fsp3) is 0.846. The van der Waals surface area contributed by atoms with Gasteiger partial charge in [-0.15, -0.1) is 0 Å². The lowest BCUT2D eigenvalue weighted by Gasteiger charge is -2.29. The van der Waals surface area contributed by atoms with E-state index in [1.807, 2.05) is 0 Å². The largest absolute Gasteiger partial charge is 0.352 e. The monoisotopic (exact) mass is 252 g/mol. The summed E-state index contributed by atoms with van der Waals surface area (Å²) < 4.78 is 5.13. The molecule has 1 saturated heterocycles. The summed E-state index contributed by atoms with van der Waals surface area (Å²) in [6.07, 6.45) is 5.75. The third-order valence-electron chi connectivity index (χ3n) is 3.49. The molecule has 5 nitrogen and oxygen atoms in total. The second-order valence-electron chi connectivity index (χ2n) is 5.25. The highest BCUT2D eigenvalue weighted by Gasteiger charge is 2.16. The van der Waals surface area contributed by atoms with Crippen LogP contribution in [0.25, 0.3) is 0 Å². The summed E-state index contributed by atoms with van der Waals surface area (Å²) >= 11 is 0. The zero-order valence-electron chi connectivity index (χ0n) is 11.5. The van der Waals surface area contributed by atoms with Crippen LogP contribution in [0, 0.1) is 5.92 Å². The van der Waals surface area contributed by atoms with Gasteiger partial charge in [-0.1, -0.05) is 6.92 Å². The number of piperidine rings is 1. The van der Waals surface area contributed by atoms with E-state index in [1.165, 1.54) is 32.4 Å². The minimum absolute atomic E-state index is 0.641. The first kappa shape index (κ1) is 13.3. The number of nitrogens with zero attached hydrogens (tertiary/aromatic N) is 3. The molecule has 1 aromatic rings.